The van der Waals surface area contributed by atoms with Crippen LogP contribution in [0.2, 0.25) is 0 Å². The lowest BCUT2D eigenvalue weighted by atomic mass is 10.2. The van der Waals surface area contributed by atoms with Gasteiger partial charge in [-0.25, -0.2) is 4.98 Å². The Kier molecular flexibility index (Phi) is 3.49. The van der Waals surface area contributed by atoms with Crippen LogP contribution in [0.25, 0.3) is 0 Å². The Morgan fingerprint density at radius 1 is 1.56 bits per heavy atom. The molecule has 4 nitrogen and oxygen atoms in total. The van der Waals surface area contributed by atoms with E-state index in [1.54, 1.807) is 17.0 Å². The summed E-state index contributed by atoms with van der Waals surface area (Å²) in [7, 11) is 0. The lowest BCUT2D eigenvalue weighted by Gasteiger charge is -2.17. The molecule has 1 saturated heterocycles. The second kappa shape index (κ2) is 4.71. The van der Waals surface area contributed by atoms with Crippen LogP contribution in [-0.2, 0) is 4.79 Å². The second-order valence-electron chi connectivity index (χ2n) is 3.78. The van der Waals surface area contributed by atoms with Crippen molar-refractivity contribution < 1.29 is 4.79 Å². The first-order chi connectivity index (χ1) is 7.61. The number of pyridine rings is 1. The van der Waals surface area contributed by atoms with Gasteiger partial charge in [0.05, 0.1) is 5.69 Å². The standard InChI is InChI=1S/C10H11Br2N3O/c11-4-6-3-9(16)15(5-6)10-7(13)1-2-8(12)14-10/h1-2,6H,3-5,13H2. The third kappa shape index (κ3) is 2.22. The summed E-state index contributed by atoms with van der Waals surface area (Å²) in [6.07, 6.45) is 0.554. The molecule has 1 aromatic heterocycles. The molecule has 2 heterocycles. The van der Waals surface area contributed by atoms with E-state index in [-0.39, 0.29) is 5.91 Å². The van der Waals surface area contributed by atoms with Gasteiger partial charge in [-0.05, 0) is 34.0 Å². The molecule has 86 valence electrons. The van der Waals surface area contributed by atoms with Crippen LogP contribution in [0.4, 0.5) is 11.5 Å². The molecule has 0 radical (unpaired) electrons. The number of hydrogen-bond acceptors (Lipinski definition) is 3. The van der Waals surface area contributed by atoms with Crippen LogP contribution in [0.3, 0.4) is 0 Å². The van der Waals surface area contributed by atoms with Crippen molar-refractivity contribution >= 4 is 49.3 Å². The summed E-state index contributed by atoms with van der Waals surface area (Å²) in [6.45, 7) is 0.678. The molecule has 0 bridgehead atoms. The van der Waals surface area contributed by atoms with Crippen molar-refractivity contribution in [3.63, 3.8) is 0 Å². The Morgan fingerprint density at radius 3 is 2.94 bits per heavy atom. The van der Waals surface area contributed by atoms with Gasteiger partial charge in [0, 0.05) is 18.3 Å². The van der Waals surface area contributed by atoms with Gasteiger partial charge in [-0.1, -0.05) is 15.9 Å². The van der Waals surface area contributed by atoms with Gasteiger partial charge < -0.3 is 5.73 Å². The molecule has 1 atom stereocenters. The normalized spacial score (nSPS) is 20.5. The molecule has 1 aromatic rings. The van der Waals surface area contributed by atoms with Gasteiger partial charge >= 0.3 is 0 Å². The molecule has 0 aromatic carbocycles. The third-order valence-electron chi connectivity index (χ3n) is 2.55. The van der Waals surface area contributed by atoms with E-state index in [9.17, 15) is 4.79 Å². The third-order valence-corrected chi connectivity index (χ3v) is 3.91. The highest BCUT2D eigenvalue weighted by molar-refractivity contribution is 9.10. The molecular formula is C10H11Br2N3O. The fourth-order valence-corrected chi connectivity index (χ4v) is 2.48. The highest BCUT2D eigenvalue weighted by Crippen LogP contribution is 2.29. The SMILES string of the molecule is Nc1ccc(Br)nc1N1CC(CBr)CC1=O. The maximum atomic E-state index is 11.8. The summed E-state index contributed by atoms with van der Waals surface area (Å²) in [5.41, 5.74) is 6.36. The quantitative estimate of drug-likeness (QED) is 0.658. The first-order valence-corrected chi connectivity index (χ1v) is 6.81. The number of amides is 1. The summed E-state index contributed by atoms with van der Waals surface area (Å²) in [4.78, 5) is 17.7. The van der Waals surface area contributed by atoms with Gasteiger partial charge in [0.2, 0.25) is 5.91 Å². The maximum absolute atomic E-state index is 11.8. The zero-order chi connectivity index (χ0) is 11.7. The van der Waals surface area contributed by atoms with Crippen molar-refractivity contribution in [3.05, 3.63) is 16.7 Å². The minimum atomic E-state index is 0.0850. The zero-order valence-electron chi connectivity index (χ0n) is 8.49. The van der Waals surface area contributed by atoms with Crippen LogP contribution in [0.5, 0.6) is 0 Å². The van der Waals surface area contributed by atoms with Crippen molar-refractivity contribution in [2.45, 2.75) is 6.42 Å². The lowest BCUT2D eigenvalue weighted by molar-refractivity contribution is -0.117. The molecule has 0 aliphatic carbocycles. The zero-order valence-corrected chi connectivity index (χ0v) is 11.7. The fraction of sp³-hybridized carbons (Fsp3) is 0.400. The molecule has 1 unspecified atom stereocenters. The number of halogens is 2. The molecule has 0 spiro atoms. The maximum Gasteiger partial charge on any atom is 0.228 e. The van der Waals surface area contributed by atoms with Crippen LogP contribution >= 0.6 is 31.9 Å². The summed E-state index contributed by atoms with van der Waals surface area (Å²) >= 11 is 6.68. The monoisotopic (exact) mass is 347 g/mol. The number of rotatable bonds is 2. The van der Waals surface area contributed by atoms with E-state index in [0.29, 0.717) is 35.0 Å². The van der Waals surface area contributed by atoms with E-state index in [2.05, 4.69) is 36.8 Å². The van der Waals surface area contributed by atoms with Crippen molar-refractivity contribution in [2.75, 3.05) is 22.5 Å². The first-order valence-electron chi connectivity index (χ1n) is 4.90. The summed E-state index contributed by atoms with van der Waals surface area (Å²) in [5.74, 6) is 0.984. The van der Waals surface area contributed by atoms with Crippen LogP contribution in [-0.4, -0.2) is 22.8 Å². The molecule has 6 heteroatoms. The number of carbonyl (C=O) groups excluding carboxylic acids is 1. The molecule has 2 N–H and O–H groups in total. The fourth-order valence-electron chi connectivity index (χ4n) is 1.74. The van der Waals surface area contributed by atoms with Gasteiger partial charge in [0.25, 0.3) is 0 Å². The van der Waals surface area contributed by atoms with Crippen LogP contribution in [0.1, 0.15) is 6.42 Å². The number of nitrogens with zero attached hydrogens (tertiary/aromatic N) is 2. The second-order valence-corrected chi connectivity index (χ2v) is 5.24. The van der Waals surface area contributed by atoms with Gasteiger partial charge in [-0.3, -0.25) is 9.69 Å². The minimum absolute atomic E-state index is 0.0850. The van der Waals surface area contributed by atoms with Gasteiger partial charge in [-0.2, -0.15) is 0 Å². The molecule has 1 amide bonds. The van der Waals surface area contributed by atoms with E-state index in [0.717, 1.165) is 5.33 Å². The molecule has 1 fully saturated rings. The van der Waals surface area contributed by atoms with Gasteiger partial charge in [-0.15, -0.1) is 0 Å². The van der Waals surface area contributed by atoms with Crippen molar-refractivity contribution in [2.24, 2.45) is 5.92 Å². The number of alkyl halides is 1. The summed E-state index contributed by atoms with van der Waals surface area (Å²) < 4.78 is 0.687. The Labute approximate surface area is 110 Å². The average Bonchev–Trinajstić information content (AvgIpc) is 2.63. The predicted molar refractivity (Wildman–Crippen MR) is 70.6 cm³/mol. The van der Waals surface area contributed by atoms with Crippen LogP contribution in [0, 0.1) is 5.92 Å². The van der Waals surface area contributed by atoms with Crippen LogP contribution < -0.4 is 10.6 Å². The van der Waals surface area contributed by atoms with E-state index in [4.69, 9.17) is 5.73 Å². The Bertz CT molecular complexity index is 425. The Morgan fingerprint density at radius 2 is 2.31 bits per heavy atom. The van der Waals surface area contributed by atoms with Crippen molar-refractivity contribution in [1.82, 2.24) is 4.98 Å². The molecule has 1 aliphatic heterocycles. The molecule has 0 saturated carbocycles. The number of nitrogen functional groups attached to an aromatic ring is 1. The molecule has 2 rings (SSSR count). The van der Waals surface area contributed by atoms with E-state index in [1.807, 2.05) is 0 Å². The lowest BCUT2D eigenvalue weighted by Crippen LogP contribution is -2.26. The molecule has 1 aliphatic rings. The smallest absolute Gasteiger partial charge is 0.228 e. The predicted octanol–water partition coefficient (Wildman–Crippen LogP) is 2.17. The Hall–Kier alpha value is -0.620. The number of carbonyl (C=O) groups is 1. The number of nitrogens with two attached hydrogens (primary N) is 1. The summed E-state index contributed by atoms with van der Waals surface area (Å²) in [6, 6.07) is 3.52. The average molecular weight is 349 g/mol. The molecule has 16 heavy (non-hydrogen) atoms. The van der Waals surface area contributed by atoms with E-state index in [1.165, 1.54) is 0 Å². The highest BCUT2D eigenvalue weighted by Gasteiger charge is 2.31. The van der Waals surface area contributed by atoms with E-state index < -0.39 is 0 Å². The Balaban J connectivity index is 2.30. The van der Waals surface area contributed by atoms with E-state index >= 15 is 0 Å². The topological polar surface area (TPSA) is 59.2 Å². The largest absolute Gasteiger partial charge is 0.396 e. The minimum Gasteiger partial charge on any atom is -0.396 e. The van der Waals surface area contributed by atoms with Crippen molar-refractivity contribution in [1.29, 1.82) is 0 Å². The highest BCUT2D eigenvalue weighted by atomic mass is 79.9. The number of anilines is 2. The van der Waals surface area contributed by atoms with Gasteiger partial charge in [0.1, 0.15) is 4.60 Å². The van der Waals surface area contributed by atoms with Crippen LogP contribution in [0.15, 0.2) is 16.7 Å². The first kappa shape index (κ1) is 11.9. The van der Waals surface area contributed by atoms with Gasteiger partial charge in [0.15, 0.2) is 5.82 Å². The molecular weight excluding hydrogens is 338 g/mol. The summed E-state index contributed by atoms with van der Waals surface area (Å²) in [5, 5.41) is 0.823. The number of hydrogen-bond donors (Lipinski definition) is 1. The number of aromatic nitrogens is 1. The van der Waals surface area contributed by atoms with Crippen molar-refractivity contribution in [3.8, 4) is 0 Å².